The Morgan fingerprint density at radius 3 is 2.56 bits per heavy atom. The first-order valence-electron chi connectivity index (χ1n) is 4.73. The average molecular weight is 232 g/mol. The highest BCUT2D eigenvalue weighted by Crippen LogP contribution is 2.37. The van der Waals surface area contributed by atoms with Crippen molar-refractivity contribution in [3.05, 3.63) is 30.3 Å². The van der Waals surface area contributed by atoms with E-state index in [0.29, 0.717) is 16.1 Å². The molecule has 1 aromatic heterocycles. The third-order valence-electron chi connectivity index (χ3n) is 2.58. The van der Waals surface area contributed by atoms with Crippen molar-refractivity contribution >= 4 is 34.6 Å². The second-order valence-electron chi connectivity index (χ2n) is 3.59. The quantitative estimate of drug-likeness (QED) is 0.521. The second kappa shape index (κ2) is 3.09. The Hall–Kier alpha value is -1.81. The lowest BCUT2D eigenvalue weighted by atomic mass is 10.1. The number of thiol groups is 1. The minimum absolute atomic E-state index is 0.0825. The van der Waals surface area contributed by atoms with Crippen LogP contribution in [0.15, 0.2) is 39.6 Å². The molecular formula is C12H8O3S. The van der Waals surface area contributed by atoms with Gasteiger partial charge in [-0.05, 0) is 24.3 Å². The number of phenolic OH excluding ortho intramolecular Hbond substituents is 2. The van der Waals surface area contributed by atoms with E-state index in [9.17, 15) is 10.2 Å². The molecule has 0 radical (unpaired) electrons. The topological polar surface area (TPSA) is 53.6 Å². The van der Waals surface area contributed by atoms with Gasteiger partial charge in [0, 0.05) is 16.8 Å². The Labute approximate surface area is 96.3 Å². The monoisotopic (exact) mass is 232 g/mol. The van der Waals surface area contributed by atoms with Crippen molar-refractivity contribution in [1.29, 1.82) is 0 Å². The number of aromatic hydroxyl groups is 2. The van der Waals surface area contributed by atoms with Gasteiger partial charge < -0.3 is 14.6 Å². The number of hydrogen-bond donors (Lipinski definition) is 3. The number of fused-ring (bicyclic) bond motifs is 3. The van der Waals surface area contributed by atoms with Crippen molar-refractivity contribution in [1.82, 2.24) is 0 Å². The van der Waals surface area contributed by atoms with Gasteiger partial charge in [-0.25, -0.2) is 0 Å². The number of phenols is 2. The van der Waals surface area contributed by atoms with Crippen molar-refractivity contribution < 1.29 is 14.6 Å². The Morgan fingerprint density at radius 2 is 1.75 bits per heavy atom. The molecule has 1 heterocycles. The Bertz CT molecular complexity index is 700. The third kappa shape index (κ3) is 1.17. The van der Waals surface area contributed by atoms with Gasteiger partial charge in [-0.2, -0.15) is 0 Å². The first-order valence-corrected chi connectivity index (χ1v) is 5.17. The van der Waals surface area contributed by atoms with Crippen LogP contribution in [0, 0.1) is 0 Å². The molecule has 0 spiro atoms. The van der Waals surface area contributed by atoms with Gasteiger partial charge in [0.15, 0.2) is 5.58 Å². The van der Waals surface area contributed by atoms with Gasteiger partial charge in [0.25, 0.3) is 0 Å². The zero-order chi connectivity index (χ0) is 11.3. The standard InChI is InChI=1S/C12H8O3S/c13-6-1-2-7-8-3-4-9(14)12(16)11(8)15-10(7)5-6/h1-5,13-14,16H. The molecule has 2 aromatic carbocycles. The van der Waals surface area contributed by atoms with E-state index in [4.69, 9.17) is 4.42 Å². The molecule has 0 fully saturated rings. The molecular weight excluding hydrogens is 224 g/mol. The fraction of sp³-hybridized carbons (Fsp3) is 0. The molecule has 0 amide bonds. The molecule has 16 heavy (non-hydrogen) atoms. The molecule has 0 aliphatic carbocycles. The van der Waals surface area contributed by atoms with Gasteiger partial charge in [0.05, 0.1) is 4.90 Å². The van der Waals surface area contributed by atoms with E-state index in [0.717, 1.165) is 10.8 Å². The van der Waals surface area contributed by atoms with Crippen molar-refractivity contribution in [3.63, 3.8) is 0 Å². The average Bonchev–Trinajstić information content (AvgIpc) is 2.62. The predicted molar refractivity (Wildman–Crippen MR) is 64.3 cm³/mol. The highest BCUT2D eigenvalue weighted by atomic mass is 32.1. The molecule has 0 aliphatic rings. The molecule has 0 atom stereocenters. The van der Waals surface area contributed by atoms with Crippen LogP contribution in [0.4, 0.5) is 0 Å². The summed E-state index contributed by atoms with van der Waals surface area (Å²) in [5.74, 6) is 0.232. The second-order valence-corrected chi connectivity index (χ2v) is 4.04. The van der Waals surface area contributed by atoms with E-state index in [2.05, 4.69) is 12.6 Å². The van der Waals surface area contributed by atoms with Crippen LogP contribution in [-0.4, -0.2) is 10.2 Å². The van der Waals surface area contributed by atoms with E-state index in [-0.39, 0.29) is 11.5 Å². The maximum atomic E-state index is 9.51. The minimum atomic E-state index is 0.0825. The fourth-order valence-corrected chi connectivity index (χ4v) is 2.04. The van der Waals surface area contributed by atoms with Crippen LogP contribution in [-0.2, 0) is 0 Å². The van der Waals surface area contributed by atoms with Gasteiger partial charge >= 0.3 is 0 Å². The largest absolute Gasteiger partial charge is 0.508 e. The molecule has 2 N–H and O–H groups in total. The minimum Gasteiger partial charge on any atom is -0.508 e. The van der Waals surface area contributed by atoms with Crippen LogP contribution in [0.5, 0.6) is 11.5 Å². The number of rotatable bonds is 0. The molecule has 3 aromatic rings. The first-order chi connectivity index (χ1) is 7.66. The zero-order valence-corrected chi connectivity index (χ0v) is 9.03. The lowest BCUT2D eigenvalue weighted by Gasteiger charge is -1.96. The maximum absolute atomic E-state index is 9.51. The van der Waals surface area contributed by atoms with Crippen LogP contribution in [0.3, 0.4) is 0 Å². The van der Waals surface area contributed by atoms with Crippen LogP contribution in [0.2, 0.25) is 0 Å². The highest BCUT2D eigenvalue weighted by molar-refractivity contribution is 7.80. The Kier molecular flexibility index (Phi) is 1.82. The van der Waals surface area contributed by atoms with Crippen molar-refractivity contribution in [2.45, 2.75) is 4.90 Å². The van der Waals surface area contributed by atoms with E-state index >= 15 is 0 Å². The van der Waals surface area contributed by atoms with Gasteiger partial charge in [0.2, 0.25) is 0 Å². The smallest absolute Gasteiger partial charge is 0.152 e. The summed E-state index contributed by atoms with van der Waals surface area (Å²) in [7, 11) is 0. The van der Waals surface area contributed by atoms with E-state index in [1.807, 2.05) is 0 Å². The first kappa shape index (κ1) is 9.42. The number of furan rings is 1. The molecule has 0 aliphatic heterocycles. The van der Waals surface area contributed by atoms with Gasteiger partial charge in [-0.3, -0.25) is 0 Å². The lowest BCUT2D eigenvalue weighted by molar-refractivity contribution is 0.461. The summed E-state index contributed by atoms with van der Waals surface area (Å²) >= 11 is 4.19. The van der Waals surface area contributed by atoms with Crippen LogP contribution in [0.1, 0.15) is 0 Å². The summed E-state index contributed by atoms with van der Waals surface area (Å²) in [5, 5.41) is 20.6. The zero-order valence-electron chi connectivity index (χ0n) is 8.14. The molecule has 3 rings (SSSR count). The van der Waals surface area contributed by atoms with E-state index < -0.39 is 0 Å². The third-order valence-corrected chi connectivity index (χ3v) is 3.01. The van der Waals surface area contributed by atoms with E-state index in [1.165, 1.54) is 0 Å². The molecule has 0 saturated heterocycles. The normalized spacial score (nSPS) is 11.3. The van der Waals surface area contributed by atoms with Crippen LogP contribution in [0.25, 0.3) is 21.9 Å². The molecule has 0 unspecified atom stereocenters. The molecule has 3 nitrogen and oxygen atoms in total. The summed E-state index contributed by atoms with van der Waals surface area (Å²) in [6.45, 7) is 0. The van der Waals surface area contributed by atoms with Gasteiger partial charge in [-0.15, -0.1) is 12.6 Å². The maximum Gasteiger partial charge on any atom is 0.152 e. The Balaban J connectivity index is 2.55. The molecule has 80 valence electrons. The summed E-state index contributed by atoms with van der Waals surface area (Å²) in [5.41, 5.74) is 1.11. The molecule has 0 saturated carbocycles. The molecule has 0 bridgehead atoms. The van der Waals surface area contributed by atoms with E-state index in [1.54, 1.807) is 30.3 Å². The van der Waals surface area contributed by atoms with Gasteiger partial charge in [-0.1, -0.05) is 0 Å². The van der Waals surface area contributed by atoms with Crippen LogP contribution < -0.4 is 0 Å². The lowest BCUT2D eigenvalue weighted by Crippen LogP contribution is -1.71. The summed E-state index contributed by atoms with van der Waals surface area (Å²) in [4.78, 5) is 0.410. The molecule has 4 heteroatoms. The fourth-order valence-electron chi connectivity index (χ4n) is 1.80. The van der Waals surface area contributed by atoms with Gasteiger partial charge in [0.1, 0.15) is 17.1 Å². The number of benzene rings is 2. The summed E-state index contributed by atoms with van der Waals surface area (Å²) < 4.78 is 5.55. The summed E-state index contributed by atoms with van der Waals surface area (Å²) in [6, 6.07) is 8.27. The van der Waals surface area contributed by atoms with Crippen molar-refractivity contribution in [2.24, 2.45) is 0 Å². The summed E-state index contributed by atoms with van der Waals surface area (Å²) in [6.07, 6.45) is 0. The van der Waals surface area contributed by atoms with Crippen LogP contribution >= 0.6 is 12.6 Å². The Morgan fingerprint density at radius 1 is 1.00 bits per heavy atom. The van der Waals surface area contributed by atoms with Crippen molar-refractivity contribution in [3.8, 4) is 11.5 Å². The SMILES string of the molecule is Oc1ccc2c(c1)oc1c(S)c(O)ccc12. The predicted octanol–water partition coefficient (Wildman–Crippen LogP) is 3.29. The number of hydrogen-bond acceptors (Lipinski definition) is 4. The van der Waals surface area contributed by atoms with Crippen molar-refractivity contribution in [2.75, 3.05) is 0 Å². The highest BCUT2D eigenvalue weighted by Gasteiger charge is 2.12.